The average molecular weight is 460 g/mol. The van der Waals surface area contributed by atoms with Gasteiger partial charge in [0.25, 0.3) is 5.91 Å². The first kappa shape index (κ1) is 20.1. The van der Waals surface area contributed by atoms with E-state index in [0.29, 0.717) is 40.9 Å². The van der Waals surface area contributed by atoms with Crippen molar-refractivity contribution in [2.45, 2.75) is 25.2 Å². The number of para-hydroxylation sites is 1. The number of hydrogen-bond acceptors (Lipinski definition) is 5. The Labute approximate surface area is 195 Å². The number of aromatic nitrogens is 3. The molecule has 0 spiro atoms. The third-order valence-corrected chi connectivity index (χ3v) is 6.57. The zero-order valence-electron chi connectivity index (χ0n) is 18.1. The first-order valence-corrected chi connectivity index (χ1v) is 11.4. The van der Waals surface area contributed by atoms with Gasteiger partial charge in [-0.15, -0.1) is 0 Å². The van der Waals surface area contributed by atoms with E-state index in [2.05, 4.69) is 21.8 Å². The van der Waals surface area contributed by atoms with E-state index in [1.807, 2.05) is 35.0 Å². The highest BCUT2D eigenvalue weighted by Crippen LogP contribution is 2.41. The van der Waals surface area contributed by atoms with Crippen LogP contribution < -0.4 is 15.5 Å². The number of pyridine rings is 2. The van der Waals surface area contributed by atoms with Crippen LogP contribution in [0, 0.1) is 0 Å². The van der Waals surface area contributed by atoms with Crippen molar-refractivity contribution in [1.29, 1.82) is 0 Å². The number of carbonyl (C=O) groups excluding carboxylic acids is 1. The van der Waals surface area contributed by atoms with E-state index >= 15 is 0 Å². The van der Waals surface area contributed by atoms with Crippen LogP contribution in [0.3, 0.4) is 0 Å². The predicted octanol–water partition coefficient (Wildman–Crippen LogP) is 4.80. The number of methoxy groups -OCH3 is 1. The molecule has 2 aliphatic rings. The number of nitrogens with zero attached hydrogens (tertiary/aromatic N) is 3. The summed E-state index contributed by atoms with van der Waals surface area (Å²) in [5.74, 6) is 0.990. The molecule has 7 nitrogen and oxygen atoms in total. The molecular weight excluding hydrogens is 438 g/mol. The summed E-state index contributed by atoms with van der Waals surface area (Å²) in [6.07, 6.45) is 4.83. The molecule has 0 saturated heterocycles. The van der Waals surface area contributed by atoms with Gasteiger partial charge in [-0.05, 0) is 49.2 Å². The fourth-order valence-corrected chi connectivity index (χ4v) is 4.74. The number of anilines is 1. The Bertz CT molecular complexity index is 1410. The number of amides is 1. The van der Waals surface area contributed by atoms with Crippen molar-refractivity contribution in [3.05, 3.63) is 70.6 Å². The predicted molar refractivity (Wildman–Crippen MR) is 128 cm³/mol. The molecule has 8 heteroatoms. The lowest BCUT2D eigenvalue weighted by Gasteiger charge is -2.21. The lowest BCUT2D eigenvalue weighted by atomic mass is 10.1. The first-order valence-electron chi connectivity index (χ1n) is 11.0. The SMILES string of the molecule is COc1c(Cl)cccc1Nn1c(-c2ccnc3ccc(C4CC4)nc23)cc2c1CCNC2=O. The van der Waals surface area contributed by atoms with Gasteiger partial charge in [0.15, 0.2) is 5.75 Å². The molecule has 1 aromatic carbocycles. The van der Waals surface area contributed by atoms with E-state index in [9.17, 15) is 4.79 Å². The van der Waals surface area contributed by atoms with E-state index in [0.717, 1.165) is 33.7 Å². The van der Waals surface area contributed by atoms with E-state index in [-0.39, 0.29) is 5.91 Å². The number of benzene rings is 1. The van der Waals surface area contributed by atoms with Gasteiger partial charge in [0.05, 0.1) is 45.8 Å². The van der Waals surface area contributed by atoms with Crippen molar-refractivity contribution in [2.24, 2.45) is 0 Å². The topological polar surface area (TPSA) is 81.1 Å². The molecule has 1 amide bonds. The summed E-state index contributed by atoms with van der Waals surface area (Å²) in [5.41, 5.74) is 10.2. The maximum atomic E-state index is 12.7. The molecule has 1 saturated carbocycles. The van der Waals surface area contributed by atoms with Crippen LogP contribution in [-0.2, 0) is 6.42 Å². The summed E-state index contributed by atoms with van der Waals surface area (Å²) in [4.78, 5) is 22.2. The van der Waals surface area contributed by atoms with Crippen LogP contribution in [-0.4, -0.2) is 34.2 Å². The van der Waals surface area contributed by atoms with Crippen LogP contribution in [0.5, 0.6) is 5.75 Å². The first-order chi connectivity index (χ1) is 16.1. The highest BCUT2D eigenvalue weighted by atomic mass is 35.5. The molecule has 1 aliphatic heterocycles. The van der Waals surface area contributed by atoms with Gasteiger partial charge in [-0.2, -0.15) is 0 Å². The highest BCUT2D eigenvalue weighted by molar-refractivity contribution is 6.32. The molecule has 1 aliphatic carbocycles. The summed E-state index contributed by atoms with van der Waals surface area (Å²) < 4.78 is 7.51. The summed E-state index contributed by atoms with van der Waals surface area (Å²) in [5, 5.41) is 3.45. The van der Waals surface area contributed by atoms with Crippen LogP contribution >= 0.6 is 11.6 Å². The second kappa shape index (κ2) is 7.78. The van der Waals surface area contributed by atoms with Gasteiger partial charge in [-0.3, -0.25) is 24.9 Å². The van der Waals surface area contributed by atoms with Crippen molar-refractivity contribution in [1.82, 2.24) is 20.0 Å². The molecule has 0 bridgehead atoms. The second-order valence-corrected chi connectivity index (χ2v) is 8.81. The zero-order valence-corrected chi connectivity index (χ0v) is 18.8. The van der Waals surface area contributed by atoms with Gasteiger partial charge in [-0.1, -0.05) is 17.7 Å². The molecule has 0 unspecified atom stereocenters. The minimum absolute atomic E-state index is 0.0823. The molecule has 0 atom stereocenters. The standard InChI is InChI=1S/C25H22ClN5O2/c1-33-24-17(26)3-2-4-20(24)30-31-21-10-12-28-25(32)16(21)13-22(31)15-9-11-27-19-8-7-18(14-5-6-14)29-23(15)19/h2-4,7-9,11,13-14,30H,5-6,10,12H2,1H3,(H,28,32). The fraction of sp³-hybridized carbons (Fsp3) is 0.240. The number of carbonyl (C=O) groups is 1. The fourth-order valence-electron chi connectivity index (χ4n) is 4.49. The molecule has 166 valence electrons. The lowest BCUT2D eigenvalue weighted by Crippen LogP contribution is -2.33. The van der Waals surface area contributed by atoms with Gasteiger partial charge in [-0.25, -0.2) is 0 Å². The highest BCUT2D eigenvalue weighted by Gasteiger charge is 2.28. The Morgan fingerprint density at radius 3 is 2.88 bits per heavy atom. The molecule has 4 aromatic rings. The molecular formula is C25H22ClN5O2. The molecule has 3 aromatic heterocycles. The Hall–Kier alpha value is -3.58. The lowest BCUT2D eigenvalue weighted by molar-refractivity contribution is 0.0945. The molecule has 6 rings (SSSR count). The molecule has 33 heavy (non-hydrogen) atoms. The maximum Gasteiger partial charge on any atom is 0.253 e. The zero-order chi connectivity index (χ0) is 22.5. The van der Waals surface area contributed by atoms with Crippen molar-refractivity contribution in [3.8, 4) is 17.0 Å². The third-order valence-electron chi connectivity index (χ3n) is 6.28. The van der Waals surface area contributed by atoms with E-state index in [1.165, 1.54) is 12.8 Å². The van der Waals surface area contributed by atoms with Crippen molar-refractivity contribution in [2.75, 3.05) is 19.1 Å². The second-order valence-electron chi connectivity index (χ2n) is 8.40. The smallest absolute Gasteiger partial charge is 0.253 e. The van der Waals surface area contributed by atoms with Crippen molar-refractivity contribution in [3.63, 3.8) is 0 Å². The molecule has 1 fully saturated rings. The minimum atomic E-state index is -0.0823. The maximum absolute atomic E-state index is 12.7. The largest absolute Gasteiger partial charge is 0.493 e. The number of nitrogens with one attached hydrogen (secondary N) is 2. The van der Waals surface area contributed by atoms with Gasteiger partial charge in [0.1, 0.15) is 0 Å². The Morgan fingerprint density at radius 1 is 1.18 bits per heavy atom. The Morgan fingerprint density at radius 2 is 2.06 bits per heavy atom. The monoisotopic (exact) mass is 459 g/mol. The number of rotatable bonds is 5. The summed E-state index contributed by atoms with van der Waals surface area (Å²) in [7, 11) is 1.59. The van der Waals surface area contributed by atoms with Crippen LogP contribution in [0.15, 0.2) is 48.7 Å². The summed E-state index contributed by atoms with van der Waals surface area (Å²) in [6, 6.07) is 13.5. The third kappa shape index (κ3) is 3.40. The molecule has 2 N–H and O–H groups in total. The van der Waals surface area contributed by atoms with Crippen LogP contribution in [0.2, 0.25) is 5.02 Å². The Balaban J connectivity index is 1.57. The average Bonchev–Trinajstić information content (AvgIpc) is 3.61. The van der Waals surface area contributed by atoms with E-state index in [4.69, 9.17) is 21.3 Å². The summed E-state index contributed by atoms with van der Waals surface area (Å²) in [6.45, 7) is 0.574. The number of hydrogen-bond donors (Lipinski definition) is 2. The number of halogens is 1. The minimum Gasteiger partial charge on any atom is -0.493 e. The molecule has 4 heterocycles. The molecule has 0 radical (unpaired) electrons. The summed E-state index contributed by atoms with van der Waals surface area (Å²) >= 11 is 6.37. The van der Waals surface area contributed by atoms with Crippen molar-refractivity contribution < 1.29 is 9.53 Å². The van der Waals surface area contributed by atoms with E-state index in [1.54, 1.807) is 19.4 Å². The van der Waals surface area contributed by atoms with E-state index < -0.39 is 0 Å². The van der Waals surface area contributed by atoms with Crippen LogP contribution in [0.4, 0.5) is 5.69 Å². The number of fused-ring (bicyclic) bond motifs is 2. The van der Waals surface area contributed by atoms with Gasteiger partial charge in [0, 0.05) is 36.3 Å². The van der Waals surface area contributed by atoms with Crippen LogP contribution in [0.1, 0.15) is 40.5 Å². The van der Waals surface area contributed by atoms with Gasteiger partial charge < -0.3 is 10.1 Å². The van der Waals surface area contributed by atoms with Gasteiger partial charge in [0.2, 0.25) is 0 Å². The quantitative estimate of drug-likeness (QED) is 0.448. The van der Waals surface area contributed by atoms with Crippen LogP contribution in [0.25, 0.3) is 22.3 Å². The number of ether oxygens (including phenoxy) is 1. The Kier molecular flexibility index (Phi) is 4.73. The normalized spacial score (nSPS) is 15.3. The van der Waals surface area contributed by atoms with Gasteiger partial charge >= 0.3 is 0 Å². The van der Waals surface area contributed by atoms with Crippen molar-refractivity contribution >= 4 is 34.2 Å².